The van der Waals surface area contributed by atoms with Crippen molar-refractivity contribution in [1.82, 2.24) is 19.3 Å². The maximum atomic E-state index is 11.9. The van der Waals surface area contributed by atoms with Crippen LogP contribution in [0.15, 0.2) is 15.7 Å². The summed E-state index contributed by atoms with van der Waals surface area (Å²) in [7, 11) is 2.74. The van der Waals surface area contributed by atoms with E-state index >= 15 is 0 Å². The van der Waals surface area contributed by atoms with E-state index in [9.17, 15) is 14.7 Å². The third kappa shape index (κ3) is 1.55. The van der Waals surface area contributed by atoms with Gasteiger partial charge in [-0.15, -0.1) is 0 Å². The van der Waals surface area contributed by atoms with Crippen molar-refractivity contribution in [3.8, 4) is 17.1 Å². The molecule has 2 N–H and O–H groups in total. The number of nitrogens with zero attached hydrogens (tertiary/aromatic N) is 3. The Balaban J connectivity index is 2.88. The van der Waals surface area contributed by atoms with Crippen molar-refractivity contribution in [2.45, 2.75) is 6.92 Å². The Morgan fingerprint density at radius 1 is 1.29 bits per heavy atom. The van der Waals surface area contributed by atoms with Gasteiger partial charge in [0.15, 0.2) is 0 Å². The predicted octanol–water partition coefficient (Wildman–Crippen LogP) is -0.512. The first-order valence-corrected chi connectivity index (χ1v) is 4.95. The standard InChI is InChI=1S/C10H12N4O3/c1-5-4-6(12-11-5)7-8(15)13(2)10(17)14(3)9(7)16/h4,15H,1-3H3,(H,11,12). The van der Waals surface area contributed by atoms with E-state index < -0.39 is 11.2 Å². The van der Waals surface area contributed by atoms with Crippen LogP contribution >= 0.6 is 0 Å². The summed E-state index contributed by atoms with van der Waals surface area (Å²) in [5.41, 5.74) is -0.0638. The number of aromatic nitrogens is 4. The summed E-state index contributed by atoms with van der Waals surface area (Å²) in [6.07, 6.45) is 0. The fraction of sp³-hybridized carbons (Fsp3) is 0.300. The van der Waals surface area contributed by atoms with Crippen LogP contribution in [-0.2, 0) is 14.1 Å². The van der Waals surface area contributed by atoms with Gasteiger partial charge in [-0.1, -0.05) is 0 Å². The van der Waals surface area contributed by atoms with Gasteiger partial charge >= 0.3 is 5.69 Å². The summed E-state index contributed by atoms with van der Waals surface area (Å²) in [6.45, 7) is 1.78. The Bertz CT molecular complexity index is 693. The summed E-state index contributed by atoms with van der Waals surface area (Å²) in [4.78, 5) is 23.4. The zero-order valence-corrected chi connectivity index (χ0v) is 9.68. The number of aryl methyl sites for hydroxylation is 1. The molecule has 0 aliphatic carbocycles. The molecule has 0 atom stereocenters. The maximum Gasteiger partial charge on any atom is 0.333 e. The minimum Gasteiger partial charge on any atom is -0.494 e. The second-order valence-electron chi connectivity index (χ2n) is 3.84. The van der Waals surface area contributed by atoms with Gasteiger partial charge in [0.05, 0.1) is 0 Å². The van der Waals surface area contributed by atoms with E-state index in [-0.39, 0.29) is 11.4 Å². The van der Waals surface area contributed by atoms with Crippen molar-refractivity contribution in [2.75, 3.05) is 0 Å². The molecular formula is C10H12N4O3. The number of nitrogens with one attached hydrogen (secondary N) is 1. The molecule has 0 aliphatic rings. The lowest BCUT2D eigenvalue weighted by molar-refractivity contribution is 0.414. The Morgan fingerprint density at radius 2 is 1.94 bits per heavy atom. The Morgan fingerprint density at radius 3 is 2.47 bits per heavy atom. The monoisotopic (exact) mass is 236 g/mol. The Hall–Kier alpha value is -2.31. The molecule has 7 nitrogen and oxygen atoms in total. The highest BCUT2D eigenvalue weighted by Crippen LogP contribution is 2.21. The second-order valence-corrected chi connectivity index (χ2v) is 3.84. The number of hydrogen-bond acceptors (Lipinski definition) is 4. The minimum atomic E-state index is -0.580. The molecule has 0 unspecified atom stereocenters. The third-order valence-corrected chi connectivity index (χ3v) is 2.60. The van der Waals surface area contributed by atoms with Crippen LogP contribution in [0.2, 0.25) is 0 Å². The molecule has 0 spiro atoms. The van der Waals surface area contributed by atoms with Gasteiger partial charge in [-0.3, -0.25) is 19.0 Å². The molecule has 7 heteroatoms. The Kier molecular flexibility index (Phi) is 2.38. The fourth-order valence-corrected chi connectivity index (χ4v) is 1.60. The van der Waals surface area contributed by atoms with E-state index in [2.05, 4.69) is 10.2 Å². The molecule has 0 bridgehead atoms. The van der Waals surface area contributed by atoms with Crippen LogP contribution in [0.25, 0.3) is 11.3 Å². The van der Waals surface area contributed by atoms with Gasteiger partial charge in [-0.25, -0.2) is 4.79 Å². The van der Waals surface area contributed by atoms with Crippen LogP contribution in [0.3, 0.4) is 0 Å². The van der Waals surface area contributed by atoms with Crippen LogP contribution < -0.4 is 11.2 Å². The second kappa shape index (κ2) is 3.62. The lowest BCUT2D eigenvalue weighted by Gasteiger charge is -2.08. The lowest BCUT2D eigenvalue weighted by atomic mass is 10.2. The number of aromatic amines is 1. The van der Waals surface area contributed by atoms with Crippen molar-refractivity contribution < 1.29 is 5.11 Å². The van der Waals surface area contributed by atoms with Crippen molar-refractivity contribution in [1.29, 1.82) is 0 Å². The molecule has 0 saturated heterocycles. The normalized spacial score (nSPS) is 10.8. The van der Waals surface area contributed by atoms with Crippen molar-refractivity contribution >= 4 is 0 Å². The molecule has 0 amide bonds. The van der Waals surface area contributed by atoms with E-state index in [0.717, 1.165) is 14.8 Å². The smallest absolute Gasteiger partial charge is 0.333 e. The van der Waals surface area contributed by atoms with Gasteiger partial charge in [-0.05, 0) is 13.0 Å². The molecule has 0 radical (unpaired) electrons. The summed E-state index contributed by atoms with van der Waals surface area (Å²) in [5, 5.41) is 16.4. The predicted molar refractivity (Wildman–Crippen MR) is 60.9 cm³/mol. The maximum absolute atomic E-state index is 11.9. The average molecular weight is 236 g/mol. The van der Waals surface area contributed by atoms with Crippen LogP contribution in [0, 0.1) is 6.92 Å². The molecule has 90 valence electrons. The van der Waals surface area contributed by atoms with Gasteiger partial charge in [0.2, 0.25) is 5.88 Å². The number of rotatable bonds is 1. The first-order chi connectivity index (χ1) is 7.93. The zero-order valence-electron chi connectivity index (χ0n) is 9.68. The van der Waals surface area contributed by atoms with E-state index in [4.69, 9.17) is 0 Å². The molecule has 17 heavy (non-hydrogen) atoms. The molecule has 2 heterocycles. The van der Waals surface area contributed by atoms with Crippen LogP contribution in [0.1, 0.15) is 5.69 Å². The van der Waals surface area contributed by atoms with Crippen LogP contribution in [-0.4, -0.2) is 24.4 Å². The highest BCUT2D eigenvalue weighted by molar-refractivity contribution is 5.63. The summed E-state index contributed by atoms with van der Waals surface area (Å²) >= 11 is 0. The number of H-pyrrole nitrogens is 1. The average Bonchev–Trinajstić information content (AvgIpc) is 2.71. The van der Waals surface area contributed by atoms with E-state index in [1.165, 1.54) is 14.1 Å². The van der Waals surface area contributed by atoms with Gasteiger partial charge in [-0.2, -0.15) is 5.10 Å². The van der Waals surface area contributed by atoms with E-state index in [1.807, 2.05) is 0 Å². The SMILES string of the molecule is Cc1cc(-c2c(O)n(C)c(=O)n(C)c2=O)n[nH]1. The fourth-order valence-electron chi connectivity index (χ4n) is 1.60. The first-order valence-electron chi connectivity index (χ1n) is 4.95. The van der Waals surface area contributed by atoms with Crippen molar-refractivity contribution in [3.05, 3.63) is 32.6 Å². The molecule has 2 rings (SSSR count). The molecule has 0 saturated carbocycles. The van der Waals surface area contributed by atoms with Gasteiger partial charge in [0.25, 0.3) is 5.56 Å². The summed E-state index contributed by atoms with van der Waals surface area (Å²) in [6, 6.07) is 1.63. The van der Waals surface area contributed by atoms with Gasteiger partial charge in [0.1, 0.15) is 11.3 Å². The largest absolute Gasteiger partial charge is 0.494 e. The quantitative estimate of drug-likeness (QED) is 0.697. The molecule has 2 aromatic heterocycles. The Labute approximate surface area is 96.0 Å². The summed E-state index contributed by atoms with van der Waals surface area (Å²) < 4.78 is 1.93. The molecule has 0 aliphatic heterocycles. The van der Waals surface area contributed by atoms with Gasteiger partial charge in [0, 0.05) is 19.8 Å². The molecular weight excluding hydrogens is 224 g/mol. The third-order valence-electron chi connectivity index (χ3n) is 2.60. The van der Waals surface area contributed by atoms with Crippen molar-refractivity contribution in [3.63, 3.8) is 0 Å². The molecule has 0 aromatic carbocycles. The number of aromatic hydroxyl groups is 1. The van der Waals surface area contributed by atoms with E-state index in [1.54, 1.807) is 13.0 Å². The highest BCUT2D eigenvalue weighted by Gasteiger charge is 2.18. The lowest BCUT2D eigenvalue weighted by Crippen LogP contribution is -2.37. The van der Waals surface area contributed by atoms with Crippen LogP contribution in [0.5, 0.6) is 5.88 Å². The topological polar surface area (TPSA) is 92.9 Å². The van der Waals surface area contributed by atoms with Crippen LogP contribution in [0.4, 0.5) is 0 Å². The summed E-state index contributed by atoms with van der Waals surface area (Å²) in [5.74, 6) is -0.385. The van der Waals surface area contributed by atoms with E-state index in [0.29, 0.717) is 5.69 Å². The zero-order chi connectivity index (χ0) is 12.7. The highest BCUT2D eigenvalue weighted by atomic mass is 16.3. The molecule has 0 fully saturated rings. The van der Waals surface area contributed by atoms with Crippen molar-refractivity contribution in [2.24, 2.45) is 14.1 Å². The first kappa shape index (κ1) is 11.2. The minimum absolute atomic E-state index is 0.0129. The van der Waals surface area contributed by atoms with Gasteiger partial charge < -0.3 is 5.11 Å². The molecule has 2 aromatic rings. The number of hydrogen-bond donors (Lipinski definition) is 2.